The van der Waals surface area contributed by atoms with Crippen LogP contribution >= 0.6 is 11.8 Å². The molecular weight excluding hydrogens is 258 g/mol. The van der Waals surface area contributed by atoms with Crippen molar-refractivity contribution in [3.8, 4) is 0 Å². The van der Waals surface area contributed by atoms with Gasteiger partial charge in [0.05, 0.1) is 12.1 Å². The Kier molecular flexibility index (Phi) is 5.57. The zero-order valence-electron chi connectivity index (χ0n) is 11.0. The van der Waals surface area contributed by atoms with Gasteiger partial charge in [-0.05, 0) is 19.0 Å². The van der Waals surface area contributed by atoms with Crippen molar-refractivity contribution in [2.75, 3.05) is 18.9 Å². The lowest BCUT2D eigenvalue weighted by molar-refractivity contribution is 0.254. The fraction of sp³-hybridized carbons (Fsp3) is 0.429. The summed E-state index contributed by atoms with van der Waals surface area (Å²) in [6, 6.07) is 8.10. The van der Waals surface area contributed by atoms with Gasteiger partial charge in [0.1, 0.15) is 11.4 Å². The minimum atomic E-state index is 0.110. The summed E-state index contributed by atoms with van der Waals surface area (Å²) in [7, 11) is 0. The lowest BCUT2D eigenvalue weighted by atomic mass is 10.2. The minimum Gasteiger partial charge on any atom is -0.395 e. The average molecular weight is 277 g/mol. The number of para-hydroxylation sites is 1. The maximum absolute atomic E-state index is 9.34. The van der Waals surface area contributed by atoms with Crippen LogP contribution in [0.4, 0.5) is 0 Å². The van der Waals surface area contributed by atoms with E-state index in [2.05, 4.69) is 22.2 Å². The van der Waals surface area contributed by atoms with Crippen LogP contribution in [0.5, 0.6) is 0 Å². The predicted octanol–water partition coefficient (Wildman–Crippen LogP) is 2.08. The number of aliphatic hydroxyl groups excluding tert-OH is 1. The molecule has 4 nitrogen and oxygen atoms in total. The van der Waals surface area contributed by atoms with Crippen LogP contribution in [0.3, 0.4) is 0 Å². The van der Waals surface area contributed by atoms with Crippen molar-refractivity contribution < 1.29 is 5.11 Å². The quantitative estimate of drug-likeness (QED) is 0.599. The highest BCUT2D eigenvalue weighted by Gasteiger charge is 2.09. The van der Waals surface area contributed by atoms with Crippen molar-refractivity contribution in [1.29, 1.82) is 0 Å². The lowest BCUT2D eigenvalue weighted by Gasteiger charge is -2.15. The largest absolute Gasteiger partial charge is 0.395 e. The second kappa shape index (κ2) is 7.43. The Hall–Kier alpha value is -1.17. The van der Waals surface area contributed by atoms with Crippen molar-refractivity contribution in [2.24, 2.45) is 0 Å². The Labute approximate surface area is 117 Å². The zero-order chi connectivity index (χ0) is 13.5. The number of thioether (sulfide) groups is 1. The van der Waals surface area contributed by atoms with Gasteiger partial charge in [-0.2, -0.15) is 0 Å². The molecular formula is C14H19N3OS. The molecule has 1 aromatic heterocycles. The fourth-order valence-corrected chi connectivity index (χ4v) is 2.83. The minimum absolute atomic E-state index is 0.110. The second-order valence-electron chi connectivity index (χ2n) is 4.34. The Morgan fingerprint density at radius 2 is 2.16 bits per heavy atom. The van der Waals surface area contributed by atoms with Crippen LogP contribution in [0.25, 0.3) is 10.9 Å². The van der Waals surface area contributed by atoms with Crippen LogP contribution in [0, 0.1) is 0 Å². The molecule has 0 saturated heterocycles. The third kappa shape index (κ3) is 3.89. The van der Waals surface area contributed by atoms with Gasteiger partial charge in [0.25, 0.3) is 0 Å². The summed E-state index contributed by atoms with van der Waals surface area (Å²) >= 11 is 1.66. The van der Waals surface area contributed by atoms with E-state index in [-0.39, 0.29) is 12.6 Å². The molecule has 0 bridgehead atoms. The van der Waals surface area contributed by atoms with Gasteiger partial charge in [0, 0.05) is 17.2 Å². The van der Waals surface area contributed by atoms with Gasteiger partial charge in [0.2, 0.25) is 0 Å². The summed E-state index contributed by atoms with van der Waals surface area (Å²) in [6.07, 6.45) is 2.66. The molecule has 1 unspecified atom stereocenters. The molecule has 0 aliphatic rings. The van der Waals surface area contributed by atoms with E-state index in [1.165, 1.54) is 0 Å². The Balaban J connectivity index is 2.04. The zero-order valence-corrected chi connectivity index (χ0v) is 11.9. The summed E-state index contributed by atoms with van der Waals surface area (Å²) in [6.45, 7) is 3.19. The molecule has 5 heteroatoms. The molecule has 0 saturated carbocycles. The molecule has 1 heterocycles. The first-order chi connectivity index (χ1) is 9.35. The van der Waals surface area contributed by atoms with E-state index in [0.29, 0.717) is 0 Å². The van der Waals surface area contributed by atoms with Gasteiger partial charge in [-0.3, -0.25) is 0 Å². The average Bonchev–Trinajstić information content (AvgIpc) is 2.47. The first-order valence-corrected chi connectivity index (χ1v) is 7.50. The van der Waals surface area contributed by atoms with Crippen LogP contribution in [0.2, 0.25) is 0 Å². The summed E-state index contributed by atoms with van der Waals surface area (Å²) in [5.41, 5.74) is 0.960. The van der Waals surface area contributed by atoms with Gasteiger partial charge in [-0.15, -0.1) is 11.8 Å². The highest BCUT2D eigenvalue weighted by molar-refractivity contribution is 7.99. The van der Waals surface area contributed by atoms with Crippen molar-refractivity contribution >= 4 is 22.7 Å². The molecule has 2 rings (SSSR count). The number of fused-ring (bicyclic) bond motifs is 1. The number of hydrogen-bond donors (Lipinski definition) is 2. The normalized spacial score (nSPS) is 12.7. The SMILES string of the molecule is CCCNC(CO)CSc1ncnc2ccccc12. The highest BCUT2D eigenvalue weighted by atomic mass is 32.2. The topological polar surface area (TPSA) is 58.0 Å². The van der Waals surface area contributed by atoms with Crippen LogP contribution in [0.15, 0.2) is 35.6 Å². The van der Waals surface area contributed by atoms with Gasteiger partial charge in [0.15, 0.2) is 0 Å². The molecule has 19 heavy (non-hydrogen) atoms. The van der Waals surface area contributed by atoms with Crippen LogP contribution in [-0.4, -0.2) is 40.0 Å². The number of benzene rings is 1. The highest BCUT2D eigenvalue weighted by Crippen LogP contribution is 2.24. The van der Waals surface area contributed by atoms with Gasteiger partial charge < -0.3 is 10.4 Å². The molecule has 2 aromatic rings. The lowest BCUT2D eigenvalue weighted by Crippen LogP contribution is -2.35. The number of nitrogens with zero attached hydrogens (tertiary/aromatic N) is 2. The summed E-state index contributed by atoms with van der Waals surface area (Å²) < 4.78 is 0. The van der Waals surface area contributed by atoms with Crippen LogP contribution in [-0.2, 0) is 0 Å². The van der Waals surface area contributed by atoms with E-state index < -0.39 is 0 Å². The summed E-state index contributed by atoms with van der Waals surface area (Å²) in [4.78, 5) is 8.59. The van der Waals surface area contributed by atoms with Crippen molar-refractivity contribution in [3.63, 3.8) is 0 Å². The summed E-state index contributed by atoms with van der Waals surface area (Å²) in [5, 5.41) is 14.7. The number of rotatable bonds is 7. The van der Waals surface area contributed by atoms with Crippen molar-refractivity contribution in [3.05, 3.63) is 30.6 Å². The van der Waals surface area contributed by atoms with E-state index >= 15 is 0 Å². The third-order valence-electron chi connectivity index (χ3n) is 2.83. The van der Waals surface area contributed by atoms with Gasteiger partial charge >= 0.3 is 0 Å². The molecule has 0 fully saturated rings. The van der Waals surface area contributed by atoms with Crippen molar-refractivity contribution in [2.45, 2.75) is 24.4 Å². The fourth-order valence-electron chi connectivity index (χ4n) is 1.80. The van der Waals surface area contributed by atoms with E-state index in [1.807, 2.05) is 24.3 Å². The number of aliphatic hydroxyl groups is 1. The number of nitrogens with one attached hydrogen (secondary N) is 1. The standard InChI is InChI=1S/C14H19N3OS/c1-2-7-15-11(8-18)9-19-14-12-5-3-4-6-13(12)16-10-17-14/h3-6,10-11,15,18H,2,7-9H2,1H3. The second-order valence-corrected chi connectivity index (χ2v) is 5.35. The Morgan fingerprint density at radius 3 is 2.95 bits per heavy atom. The monoisotopic (exact) mass is 277 g/mol. The molecule has 102 valence electrons. The maximum atomic E-state index is 9.34. The summed E-state index contributed by atoms with van der Waals surface area (Å²) in [5.74, 6) is 0.803. The van der Waals surface area contributed by atoms with E-state index in [9.17, 15) is 5.11 Å². The number of hydrogen-bond acceptors (Lipinski definition) is 5. The van der Waals surface area contributed by atoms with Crippen molar-refractivity contribution in [1.82, 2.24) is 15.3 Å². The van der Waals surface area contributed by atoms with Crippen LogP contribution in [0.1, 0.15) is 13.3 Å². The molecule has 1 atom stereocenters. The third-order valence-corrected chi connectivity index (χ3v) is 4.00. The molecule has 0 radical (unpaired) electrons. The Bertz CT molecular complexity index is 516. The molecule has 0 aliphatic carbocycles. The first kappa shape index (κ1) is 14.2. The Morgan fingerprint density at radius 1 is 1.32 bits per heavy atom. The van der Waals surface area contributed by atoms with E-state index in [0.717, 1.165) is 34.6 Å². The van der Waals surface area contributed by atoms with E-state index in [1.54, 1.807) is 18.1 Å². The van der Waals surface area contributed by atoms with Gasteiger partial charge in [-0.25, -0.2) is 9.97 Å². The first-order valence-electron chi connectivity index (χ1n) is 6.52. The van der Waals surface area contributed by atoms with Gasteiger partial charge in [-0.1, -0.05) is 25.1 Å². The molecule has 1 aromatic carbocycles. The molecule has 0 amide bonds. The molecule has 0 spiro atoms. The number of aromatic nitrogens is 2. The van der Waals surface area contributed by atoms with Crippen LogP contribution < -0.4 is 5.32 Å². The smallest absolute Gasteiger partial charge is 0.117 e. The van der Waals surface area contributed by atoms with E-state index in [4.69, 9.17) is 0 Å². The molecule has 2 N–H and O–H groups in total. The maximum Gasteiger partial charge on any atom is 0.117 e. The predicted molar refractivity (Wildman–Crippen MR) is 79.4 cm³/mol. The molecule has 0 aliphatic heterocycles.